The average molecular weight is 696 g/mol. The molecule has 3 nitrogen and oxygen atoms in total. The van der Waals surface area contributed by atoms with Gasteiger partial charge in [-0.25, -0.2) is 9.98 Å². The summed E-state index contributed by atoms with van der Waals surface area (Å²) in [6.45, 7) is 9.40. The highest BCUT2D eigenvalue weighted by Crippen LogP contribution is 2.51. The monoisotopic (exact) mass is 695 g/mol. The van der Waals surface area contributed by atoms with E-state index >= 15 is 0 Å². The Morgan fingerprint density at radius 1 is 0.407 bits per heavy atom. The number of rotatable bonds is 5. The fourth-order valence-corrected chi connectivity index (χ4v) is 8.98. The van der Waals surface area contributed by atoms with Crippen LogP contribution in [0.3, 0.4) is 0 Å². The number of hydrogen-bond acceptors (Lipinski definition) is 3. The number of fused-ring (bicyclic) bond motifs is 6. The summed E-state index contributed by atoms with van der Waals surface area (Å²) in [5.74, 6) is 1.53. The number of nitrogens with one attached hydrogen (secondary N) is 1. The molecule has 0 aromatic heterocycles. The molecule has 0 saturated carbocycles. The van der Waals surface area contributed by atoms with Crippen LogP contribution in [0.15, 0.2) is 174 Å². The van der Waals surface area contributed by atoms with Gasteiger partial charge in [0.05, 0.1) is 0 Å². The Balaban J connectivity index is 1.15. The molecule has 1 N–H and O–H groups in total. The molecule has 0 saturated heterocycles. The van der Waals surface area contributed by atoms with E-state index in [4.69, 9.17) is 9.98 Å². The van der Waals surface area contributed by atoms with Crippen molar-refractivity contribution in [3.63, 3.8) is 0 Å². The maximum Gasteiger partial charge on any atom is 0.159 e. The van der Waals surface area contributed by atoms with Gasteiger partial charge >= 0.3 is 0 Å². The van der Waals surface area contributed by atoms with Crippen LogP contribution in [0.4, 0.5) is 0 Å². The van der Waals surface area contributed by atoms with Gasteiger partial charge in [-0.1, -0.05) is 161 Å². The summed E-state index contributed by atoms with van der Waals surface area (Å²) in [5.41, 5.74) is 18.4. The highest BCUT2D eigenvalue weighted by Gasteiger charge is 2.36. The van der Waals surface area contributed by atoms with Gasteiger partial charge in [0.25, 0.3) is 0 Å². The van der Waals surface area contributed by atoms with Crippen LogP contribution in [0.2, 0.25) is 0 Å². The minimum atomic E-state index is -0.278. The smallest absolute Gasteiger partial charge is 0.159 e. The van der Waals surface area contributed by atoms with Crippen molar-refractivity contribution < 1.29 is 0 Å². The Kier molecular flexibility index (Phi) is 7.25. The predicted molar refractivity (Wildman–Crippen MR) is 224 cm³/mol. The lowest BCUT2D eigenvalue weighted by molar-refractivity contribution is 0.660. The zero-order valence-corrected chi connectivity index (χ0v) is 31.1. The standard InChI is InChI=1S/C51H41N3/c1-50(2)43-21-13-11-19-39(43)41-25-23-34(30-45(41)50)36-27-37(35-24-26-42-40-20-12-14-22-44(40)51(3,4)46(42)31-35)29-38(28-36)49-53-47(32-15-7-5-8-16-32)52-48(54-49)33-17-9-6-10-18-33/h5-31,47H,1-4H3,(H,52,53,54). The first kappa shape index (κ1) is 32.3. The summed E-state index contributed by atoms with van der Waals surface area (Å²) in [6, 6.07) is 59.5. The lowest BCUT2D eigenvalue weighted by Crippen LogP contribution is -2.33. The average Bonchev–Trinajstić information content (AvgIpc) is 3.60. The maximum absolute atomic E-state index is 5.24. The van der Waals surface area contributed by atoms with Gasteiger partial charge in [-0.3, -0.25) is 0 Å². The third-order valence-corrected chi connectivity index (χ3v) is 11.9. The highest BCUT2D eigenvalue weighted by atomic mass is 15.2. The first-order valence-electron chi connectivity index (χ1n) is 18.9. The summed E-state index contributed by atoms with van der Waals surface area (Å²) in [7, 11) is 0. The fraction of sp³-hybridized carbons (Fsp3) is 0.137. The second-order valence-corrected chi connectivity index (χ2v) is 15.9. The number of aliphatic imine (C=N–C) groups is 2. The maximum atomic E-state index is 5.24. The summed E-state index contributed by atoms with van der Waals surface area (Å²) in [6.07, 6.45) is -0.278. The topological polar surface area (TPSA) is 36.8 Å². The molecular weight excluding hydrogens is 655 g/mol. The lowest BCUT2D eigenvalue weighted by atomic mass is 9.81. The van der Waals surface area contributed by atoms with Gasteiger partial charge in [0, 0.05) is 22.0 Å². The van der Waals surface area contributed by atoms with E-state index in [0.717, 1.165) is 39.5 Å². The van der Waals surface area contributed by atoms with Crippen molar-refractivity contribution in [3.8, 4) is 44.5 Å². The van der Waals surface area contributed by atoms with Crippen LogP contribution < -0.4 is 5.32 Å². The van der Waals surface area contributed by atoms with E-state index in [0.29, 0.717) is 0 Å². The molecule has 0 amide bonds. The van der Waals surface area contributed by atoms with E-state index in [9.17, 15) is 0 Å². The highest BCUT2D eigenvalue weighted by molar-refractivity contribution is 6.13. The first-order valence-corrected chi connectivity index (χ1v) is 18.9. The van der Waals surface area contributed by atoms with E-state index in [1.54, 1.807) is 0 Å². The second-order valence-electron chi connectivity index (χ2n) is 15.9. The molecule has 0 spiro atoms. The van der Waals surface area contributed by atoms with Crippen molar-refractivity contribution in [2.75, 3.05) is 0 Å². The fourth-order valence-electron chi connectivity index (χ4n) is 8.98. The molecular formula is C51H41N3. The molecule has 1 atom stereocenters. The van der Waals surface area contributed by atoms with Gasteiger partial charge < -0.3 is 5.32 Å². The molecule has 1 unspecified atom stereocenters. The largest absolute Gasteiger partial charge is 0.344 e. The van der Waals surface area contributed by atoms with Crippen LogP contribution in [0, 0.1) is 0 Å². The van der Waals surface area contributed by atoms with Crippen LogP contribution >= 0.6 is 0 Å². The summed E-state index contributed by atoms with van der Waals surface area (Å²) >= 11 is 0. The number of hydrogen-bond donors (Lipinski definition) is 1. The summed E-state index contributed by atoms with van der Waals surface area (Å²) in [5, 5.41) is 3.74. The van der Waals surface area contributed by atoms with E-state index < -0.39 is 0 Å². The van der Waals surface area contributed by atoms with Crippen LogP contribution in [-0.4, -0.2) is 11.7 Å². The molecule has 0 bridgehead atoms. The third-order valence-electron chi connectivity index (χ3n) is 11.9. The minimum Gasteiger partial charge on any atom is -0.344 e. The molecule has 0 fully saturated rings. The SMILES string of the molecule is CC1(C)c2ccccc2-c2ccc(-c3cc(C4=NC(c5ccccc5)=NC(c5ccccc5)N4)cc(-c4ccc5c(c4)C(C)(C)c4ccccc4-5)c3)cc21. The lowest BCUT2D eigenvalue weighted by Gasteiger charge is -2.25. The van der Waals surface area contributed by atoms with Crippen molar-refractivity contribution >= 4 is 11.7 Å². The van der Waals surface area contributed by atoms with E-state index in [1.165, 1.54) is 55.6 Å². The van der Waals surface area contributed by atoms with Gasteiger partial charge in [-0.2, -0.15) is 0 Å². The predicted octanol–water partition coefficient (Wildman–Crippen LogP) is 12.1. The molecule has 1 aliphatic heterocycles. The zero-order valence-electron chi connectivity index (χ0n) is 31.1. The van der Waals surface area contributed by atoms with E-state index in [2.05, 4.69) is 173 Å². The molecule has 0 radical (unpaired) electrons. The quantitative estimate of drug-likeness (QED) is 0.191. The molecule has 260 valence electrons. The van der Waals surface area contributed by atoms with Gasteiger partial charge in [-0.15, -0.1) is 0 Å². The Hall–Kier alpha value is -6.32. The molecule has 1 heterocycles. The van der Waals surface area contributed by atoms with Gasteiger partial charge in [0.1, 0.15) is 12.0 Å². The minimum absolute atomic E-state index is 0.0953. The van der Waals surface area contributed by atoms with Crippen molar-refractivity contribution in [2.45, 2.75) is 44.7 Å². The molecule has 54 heavy (non-hydrogen) atoms. The van der Waals surface area contributed by atoms with Crippen LogP contribution in [-0.2, 0) is 10.8 Å². The molecule has 2 aliphatic carbocycles. The van der Waals surface area contributed by atoms with Gasteiger partial charge in [0.15, 0.2) is 5.84 Å². The first-order chi connectivity index (χ1) is 26.3. The van der Waals surface area contributed by atoms with Crippen LogP contribution in [0.25, 0.3) is 44.5 Å². The van der Waals surface area contributed by atoms with Crippen LogP contribution in [0.5, 0.6) is 0 Å². The Bertz CT molecular complexity index is 2560. The van der Waals surface area contributed by atoms with Crippen molar-refractivity contribution in [1.82, 2.24) is 5.32 Å². The Morgan fingerprint density at radius 3 is 1.43 bits per heavy atom. The molecule has 3 heteroatoms. The summed E-state index contributed by atoms with van der Waals surface area (Å²) < 4.78 is 0. The molecule has 7 aromatic carbocycles. The van der Waals surface area contributed by atoms with Crippen LogP contribution in [0.1, 0.15) is 72.8 Å². The van der Waals surface area contributed by atoms with E-state index in [-0.39, 0.29) is 17.0 Å². The second kappa shape index (κ2) is 12.1. The molecule has 7 aromatic rings. The normalized spacial score (nSPS) is 17.0. The Morgan fingerprint density at radius 2 is 0.870 bits per heavy atom. The number of amidine groups is 2. The van der Waals surface area contributed by atoms with Crippen molar-refractivity contribution in [1.29, 1.82) is 0 Å². The van der Waals surface area contributed by atoms with E-state index in [1.807, 2.05) is 24.3 Å². The number of nitrogens with zero attached hydrogens (tertiary/aromatic N) is 2. The van der Waals surface area contributed by atoms with Gasteiger partial charge in [-0.05, 0) is 103 Å². The van der Waals surface area contributed by atoms with Crippen molar-refractivity contribution in [2.24, 2.45) is 9.98 Å². The Labute approximate surface area is 317 Å². The summed E-state index contributed by atoms with van der Waals surface area (Å²) in [4.78, 5) is 10.4. The molecule has 10 rings (SSSR count). The van der Waals surface area contributed by atoms with Crippen molar-refractivity contribution in [3.05, 3.63) is 203 Å². The molecule has 3 aliphatic rings. The zero-order chi connectivity index (χ0) is 36.6. The number of benzene rings is 7. The third kappa shape index (κ3) is 5.10. The van der Waals surface area contributed by atoms with Gasteiger partial charge in [0.2, 0.25) is 0 Å².